The molecule has 0 bridgehead atoms. The Bertz CT molecular complexity index is 26.0. The van der Waals surface area contributed by atoms with E-state index in [0.717, 1.165) is 0 Å². The molecule has 0 aliphatic carbocycles. The van der Waals surface area contributed by atoms with Gasteiger partial charge in [0.05, 0.1) is 0 Å². The molecule has 0 radical (unpaired) electrons. The van der Waals surface area contributed by atoms with Gasteiger partial charge < -0.3 is 22.3 Å². The van der Waals surface area contributed by atoms with E-state index in [1.165, 1.54) is 0 Å². The molecule has 8 heavy (non-hydrogen) atoms. The summed E-state index contributed by atoms with van der Waals surface area (Å²) in [5.41, 5.74) is 0. The molecule has 0 aromatic heterocycles. The molecule has 0 aliphatic heterocycles. The van der Waals surface area contributed by atoms with Crippen LogP contribution in [0, 0.1) is 0 Å². The standard InChI is InChI=1S/C4H9O2.ClH.Mg/c1-2-6-4-3-5;;/h2-4H2,1H3;1H;/q-1;;+2/p-1. The van der Waals surface area contributed by atoms with Crippen LogP contribution in [0.3, 0.4) is 0 Å². The Balaban J connectivity index is -0.000000125. The van der Waals surface area contributed by atoms with E-state index in [-0.39, 0.29) is 42.1 Å². The van der Waals surface area contributed by atoms with E-state index < -0.39 is 0 Å². The molecule has 0 heterocycles. The van der Waals surface area contributed by atoms with Gasteiger partial charge in [-0.3, -0.25) is 0 Å². The van der Waals surface area contributed by atoms with Crippen LogP contribution < -0.4 is 17.5 Å². The zero-order chi connectivity index (χ0) is 4.83. The third-order valence-corrected chi connectivity index (χ3v) is 0.432. The van der Waals surface area contributed by atoms with Gasteiger partial charge in [-0.1, -0.05) is 0 Å². The van der Waals surface area contributed by atoms with Crippen molar-refractivity contribution in [2.24, 2.45) is 0 Å². The van der Waals surface area contributed by atoms with Gasteiger partial charge in [-0.05, 0) is 6.92 Å². The van der Waals surface area contributed by atoms with Crippen LogP contribution in [0.4, 0.5) is 0 Å². The molecule has 4 heteroatoms. The zero-order valence-corrected chi connectivity index (χ0v) is 7.19. The van der Waals surface area contributed by atoms with Crippen molar-refractivity contribution >= 4 is 23.1 Å². The maximum atomic E-state index is 9.56. The summed E-state index contributed by atoms with van der Waals surface area (Å²) in [5, 5.41) is 9.56. The molecule has 0 aliphatic rings. The molecule has 46 valence electrons. The molecule has 0 N–H and O–H groups in total. The normalized spacial score (nSPS) is 6.75. The van der Waals surface area contributed by atoms with Crippen molar-refractivity contribution < 1.29 is 22.3 Å². The van der Waals surface area contributed by atoms with Crippen molar-refractivity contribution in [2.45, 2.75) is 6.92 Å². The Morgan fingerprint density at radius 2 is 2.00 bits per heavy atom. The summed E-state index contributed by atoms with van der Waals surface area (Å²) in [4.78, 5) is 0. The second-order valence-corrected chi connectivity index (χ2v) is 0.901. The van der Waals surface area contributed by atoms with E-state index in [2.05, 4.69) is 4.74 Å². The summed E-state index contributed by atoms with van der Waals surface area (Å²) in [6.07, 6.45) is 0. The molecule has 2 nitrogen and oxygen atoms in total. The largest absolute Gasteiger partial charge is 2.00 e. The van der Waals surface area contributed by atoms with Crippen LogP contribution in [0.15, 0.2) is 0 Å². The fraction of sp³-hybridized carbons (Fsp3) is 1.00. The molecule has 0 spiro atoms. The second-order valence-electron chi connectivity index (χ2n) is 0.901. The zero-order valence-electron chi connectivity index (χ0n) is 5.02. The maximum Gasteiger partial charge on any atom is 2.00 e. The topological polar surface area (TPSA) is 32.3 Å². The van der Waals surface area contributed by atoms with E-state index in [9.17, 15) is 5.11 Å². The third kappa shape index (κ3) is 15.8. The summed E-state index contributed by atoms with van der Waals surface area (Å²) < 4.78 is 4.67. The minimum atomic E-state index is -0.117. The van der Waals surface area contributed by atoms with Crippen LogP contribution >= 0.6 is 0 Å². The average molecular weight is 149 g/mol. The quantitative estimate of drug-likeness (QED) is 0.302. The average Bonchev–Trinajstić information content (AvgIpc) is 1.61. The fourth-order valence-corrected chi connectivity index (χ4v) is 0.203. The van der Waals surface area contributed by atoms with Gasteiger partial charge in [0.25, 0.3) is 0 Å². The number of rotatable bonds is 3. The predicted molar refractivity (Wildman–Crippen MR) is 27.1 cm³/mol. The first-order valence-electron chi connectivity index (χ1n) is 2.07. The molecule has 0 rings (SSSR count). The second kappa shape index (κ2) is 15.7. The van der Waals surface area contributed by atoms with E-state index >= 15 is 0 Å². The van der Waals surface area contributed by atoms with Crippen molar-refractivity contribution in [2.75, 3.05) is 19.8 Å². The summed E-state index contributed by atoms with van der Waals surface area (Å²) in [5.74, 6) is 0. The van der Waals surface area contributed by atoms with E-state index in [1.807, 2.05) is 6.92 Å². The van der Waals surface area contributed by atoms with Crippen molar-refractivity contribution in [1.29, 1.82) is 0 Å². The molecule has 0 aromatic carbocycles. The van der Waals surface area contributed by atoms with Gasteiger partial charge in [0.15, 0.2) is 0 Å². The van der Waals surface area contributed by atoms with Crippen LogP contribution in [-0.4, -0.2) is 42.9 Å². The summed E-state index contributed by atoms with van der Waals surface area (Å²) in [7, 11) is 0. The monoisotopic (exact) mass is 148 g/mol. The molecule has 0 unspecified atom stereocenters. The van der Waals surface area contributed by atoms with E-state index in [0.29, 0.717) is 13.2 Å². The van der Waals surface area contributed by atoms with Crippen LogP contribution in [0.25, 0.3) is 0 Å². The van der Waals surface area contributed by atoms with Gasteiger partial charge in [0.1, 0.15) is 0 Å². The fourth-order valence-electron chi connectivity index (χ4n) is 0.203. The minimum absolute atomic E-state index is 0. The first kappa shape index (κ1) is 16.0. The smallest absolute Gasteiger partial charge is 1.00 e. The first-order valence-corrected chi connectivity index (χ1v) is 2.07. The Morgan fingerprint density at radius 1 is 1.50 bits per heavy atom. The Labute approximate surface area is 72.2 Å². The van der Waals surface area contributed by atoms with Gasteiger partial charge in [-0.2, -0.15) is 0 Å². The summed E-state index contributed by atoms with van der Waals surface area (Å²) >= 11 is 0. The Hall–Kier alpha value is 0.976. The third-order valence-electron chi connectivity index (χ3n) is 0.432. The molecule has 0 aromatic rings. The SMILES string of the molecule is CCOCC[O-].[Cl-].[Mg+2]. The molecular weight excluding hydrogens is 140 g/mol. The number of ether oxygens (including phenoxy) is 1. The van der Waals surface area contributed by atoms with Gasteiger partial charge in [0, 0.05) is 13.2 Å². The van der Waals surface area contributed by atoms with E-state index in [4.69, 9.17) is 0 Å². The maximum absolute atomic E-state index is 9.56. The Kier molecular flexibility index (Phi) is 31.3. The van der Waals surface area contributed by atoms with Crippen molar-refractivity contribution in [3.63, 3.8) is 0 Å². The van der Waals surface area contributed by atoms with Crippen LogP contribution in [-0.2, 0) is 4.74 Å². The van der Waals surface area contributed by atoms with Crippen LogP contribution in [0.2, 0.25) is 0 Å². The molecule has 0 atom stereocenters. The first-order chi connectivity index (χ1) is 2.91. The van der Waals surface area contributed by atoms with Gasteiger partial charge >= 0.3 is 23.1 Å². The molecule has 0 fully saturated rings. The number of hydrogen-bond donors (Lipinski definition) is 0. The minimum Gasteiger partial charge on any atom is -1.00 e. The molecular formula is C4H9ClMgO2. The number of hydrogen-bond acceptors (Lipinski definition) is 2. The van der Waals surface area contributed by atoms with Crippen LogP contribution in [0.5, 0.6) is 0 Å². The number of halogens is 1. The predicted octanol–water partition coefficient (Wildman–Crippen LogP) is -3.99. The van der Waals surface area contributed by atoms with Crippen molar-refractivity contribution in [3.05, 3.63) is 0 Å². The van der Waals surface area contributed by atoms with Crippen molar-refractivity contribution in [3.8, 4) is 0 Å². The Morgan fingerprint density at radius 3 is 2.12 bits per heavy atom. The summed E-state index contributed by atoms with van der Waals surface area (Å²) in [6, 6.07) is 0. The molecule has 0 saturated heterocycles. The van der Waals surface area contributed by atoms with Crippen molar-refractivity contribution in [1.82, 2.24) is 0 Å². The van der Waals surface area contributed by atoms with Gasteiger partial charge in [0.2, 0.25) is 0 Å². The molecule has 0 amide bonds. The van der Waals surface area contributed by atoms with Gasteiger partial charge in [-0.25, -0.2) is 0 Å². The van der Waals surface area contributed by atoms with Crippen LogP contribution in [0.1, 0.15) is 6.92 Å². The van der Waals surface area contributed by atoms with Gasteiger partial charge in [-0.15, -0.1) is 6.61 Å². The summed E-state index contributed by atoms with van der Waals surface area (Å²) in [6.45, 7) is 2.77. The molecule has 0 saturated carbocycles. The van der Waals surface area contributed by atoms with E-state index in [1.54, 1.807) is 0 Å².